The minimum atomic E-state index is -0.848. The molecule has 1 aliphatic carbocycles. The molecule has 2 unspecified atom stereocenters. The van der Waals surface area contributed by atoms with Crippen LogP contribution in [0, 0.1) is 0 Å². The van der Waals surface area contributed by atoms with E-state index in [0.717, 1.165) is 44.3 Å². The maximum Gasteiger partial charge on any atom is 0.247 e. The number of hydrogen-bond acceptors (Lipinski definition) is 5. The van der Waals surface area contributed by atoms with Crippen molar-refractivity contribution in [2.45, 2.75) is 70.1 Å². The van der Waals surface area contributed by atoms with E-state index in [1.165, 1.54) is 11.3 Å². The third-order valence-electron chi connectivity index (χ3n) is 6.88. The molecule has 4 rings (SSSR count). The van der Waals surface area contributed by atoms with Gasteiger partial charge in [0.25, 0.3) is 0 Å². The van der Waals surface area contributed by atoms with Crippen LogP contribution in [0.5, 0.6) is 17.2 Å². The minimum absolute atomic E-state index is 0.106. The molecule has 1 saturated carbocycles. The van der Waals surface area contributed by atoms with Crippen LogP contribution in [0.3, 0.4) is 0 Å². The fourth-order valence-corrected chi connectivity index (χ4v) is 5.03. The quantitative estimate of drug-likeness (QED) is 0.318. The lowest BCUT2D eigenvalue weighted by atomic mass is 9.94. The van der Waals surface area contributed by atoms with Gasteiger partial charge in [0.05, 0.1) is 13.2 Å². The number of para-hydroxylation sites is 2. The molecule has 0 radical (unpaired) electrons. The number of hydrogen-bond donors (Lipinski definition) is 1. The summed E-state index contributed by atoms with van der Waals surface area (Å²) in [6.07, 6.45) is 6.85. The van der Waals surface area contributed by atoms with Crippen molar-refractivity contribution in [3.63, 3.8) is 0 Å². The average molecular weight is 529 g/mol. The molecular formula is C29H37ClN2O5. The number of benzene rings is 2. The Labute approximate surface area is 224 Å². The Hall–Kier alpha value is -2.93. The van der Waals surface area contributed by atoms with Crippen LogP contribution in [0.2, 0.25) is 0 Å². The second-order valence-corrected chi connectivity index (χ2v) is 9.96. The van der Waals surface area contributed by atoms with E-state index in [4.69, 9.17) is 25.8 Å². The van der Waals surface area contributed by atoms with Gasteiger partial charge in [-0.25, -0.2) is 0 Å². The van der Waals surface area contributed by atoms with Gasteiger partial charge in [0.15, 0.2) is 17.6 Å². The Bertz CT molecular complexity index is 1030. The van der Waals surface area contributed by atoms with Crippen molar-refractivity contribution in [1.29, 1.82) is 0 Å². The molecule has 8 heteroatoms. The summed E-state index contributed by atoms with van der Waals surface area (Å²) in [5.74, 6) is 1.24. The molecule has 0 spiro atoms. The van der Waals surface area contributed by atoms with Crippen LogP contribution in [-0.2, 0) is 9.59 Å². The lowest BCUT2D eigenvalue weighted by Gasteiger charge is -2.36. The smallest absolute Gasteiger partial charge is 0.247 e. The van der Waals surface area contributed by atoms with Gasteiger partial charge in [-0.2, -0.15) is 0 Å². The summed E-state index contributed by atoms with van der Waals surface area (Å²) in [7, 11) is 0. The van der Waals surface area contributed by atoms with Crippen LogP contribution in [0.1, 0.15) is 63.5 Å². The second kappa shape index (κ2) is 13.6. The van der Waals surface area contributed by atoms with Crippen molar-refractivity contribution in [2.24, 2.45) is 0 Å². The summed E-state index contributed by atoms with van der Waals surface area (Å²) in [4.78, 5) is 28.5. The van der Waals surface area contributed by atoms with Gasteiger partial charge in [-0.3, -0.25) is 9.59 Å². The van der Waals surface area contributed by atoms with Crippen molar-refractivity contribution in [3.05, 3.63) is 54.1 Å². The van der Waals surface area contributed by atoms with Gasteiger partial charge >= 0.3 is 0 Å². The first-order valence-electron chi connectivity index (χ1n) is 13.4. The van der Waals surface area contributed by atoms with Crippen LogP contribution >= 0.6 is 11.6 Å². The molecular weight excluding hydrogens is 492 g/mol. The number of carbonyl (C=O) groups excluding carboxylic acids is 2. The first-order valence-corrected chi connectivity index (χ1v) is 13.9. The minimum Gasteiger partial charge on any atom is -0.494 e. The molecule has 2 amide bonds. The van der Waals surface area contributed by atoms with Crippen LogP contribution in [0.25, 0.3) is 0 Å². The molecule has 0 saturated heterocycles. The zero-order valence-electron chi connectivity index (χ0n) is 21.5. The predicted octanol–water partition coefficient (Wildman–Crippen LogP) is 5.26. The highest BCUT2D eigenvalue weighted by atomic mass is 35.5. The van der Waals surface area contributed by atoms with Crippen molar-refractivity contribution in [3.8, 4) is 17.2 Å². The van der Waals surface area contributed by atoms with Gasteiger partial charge in [0.1, 0.15) is 24.3 Å². The average Bonchev–Trinajstić information content (AvgIpc) is 2.93. The lowest BCUT2D eigenvalue weighted by molar-refractivity contribution is -0.141. The fraction of sp³-hybridized carbons (Fsp3) is 0.517. The first-order chi connectivity index (χ1) is 18.1. The number of ether oxygens (including phenoxy) is 3. The third kappa shape index (κ3) is 7.31. The maximum atomic E-state index is 13.8. The molecule has 2 aromatic rings. The summed E-state index contributed by atoms with van der Waals surface area (Å²) in [6, 6.07) is 14.1. The standard InChI is InChI=1S/C29H37ClN2O5/c1-2-3-17-35-23-15-13-21(14-16-23)28(29(34)31-22-9-5-4-6-10-22)32(27(33)18-30)19-24-20-36-25-11-7-8-12-26(25)37-24/h7-8,11-16,22,24,28H,2-6,9-10,17-20H2,1H3,(H,31,34). The van der Waals surface area contributed by atoms with Crippen LogP contribution in [0.15, 0.2) is 48.5 Å². The van der Waals surface area contributed by atoms with Gasteiger partial charge in [-0.1, -0.05) is 56.9 Å². The van der Waals surface area contributed by atoms with E-state index < -0.39 is 12.1 Å². The highest BCUT2D eigenvalue weighted by Crippen LogP contribution is 2.32. The van der Waals surface area contributed by atoms with Crippen molar-refractivity contribution in [1.82, 2.24) is 10.2 Å². The van der Waals surface area contributed by atoms with Gasteiger partial charge in [-0.15, -0.1) is 11.6 Å². The largest absolute Gasteiger partial charge is 0.494 e. The third-order valence-corrected chi connectivity index (χ3v) is 7.11. The Morgan fingerprint density at radius 1 is 1.08 bits per heavy atom. The normalized spacial score (nSPS) is 18.1. The number of carbonyl (C=O) groups is 2. The molecule has 1 N–H and O–H groups in total. The van der Waals surface area contributed by atoms with E-state index in [0.29, 0.717) is 23.7 Å². The van der Waals surface area contributed by atoms with E-state index in [1.54, 1.807) is 0 Å². The van der Waals surface area contributed by atoms with E-state index in [9.17, 15) is 9.59 Å². The van der Waals surface area contributed by atoms with Gasteiger partial charge in [-0.05, 0) is 49.1 Å². The second-order valence-electron chi connectivity index (χ2n) is 9.69. The molecule has 1 aliphatic heterocycles. The fourth-order valence-electron chi connectivity index (χ4n) is 4.88. The summed E-state index contributed by atoms with van der Waals surface area (Å²) in [5, 5.41) is 3.21. The summed E-state index contributed by atoms with van der Waals surface area (Å²) < 4.78 is 17.8. The highest BCUT2D eigenvalue weighted by Gasteiger charge is 2.35. The number of fused-ring (bicyclic) bond motifs is 1. The SMILES string of the molecule is CCCCOc1ccc(C(C(=O)NC2CCCCC2)N(CC2COc3ccccc3O2)C(=O)CCl)cc1. The van der Waals surface area contributed by atoms with Crippen LogP contribution in [-0.4, -0.2) is 54.5 Å². The molecule has 2 aliphatic rings. The monoisotopic (exact) mass is 528 g/mol. The molecule has 7 nitrogen and oxygen atoms in total. The Morgan fingerprint density at radius 2 is 1.81 bits per heavy atom. The van der Waals surface area contributed by atoms with Crippen LogP contribution < -0.4 is 19.5 Å². The van der Waals surface area contributed by atoms with Crippen molar-refractivity contribution >= 4 is 23.4 Å². The zero-order valence-corrected chi connectivity index (χ0v) is 22.3. The maximum absolute atomic E-state index is 13.8. The molecule has 1 fully saturated rings. The number of amides is 2. The van der Waals surface area contributed by atoms with E-state index in [-0.39, 0.29) is 36.9 Å². The van der Waals surface area contributed by atoms with Crippen molar-refractivity contribution in [2.75, 3.05) is 25.6 Å². The van der Waals surface area contributed by atoms with E-state index in [2.05, 4.69) is 12.2 Å². The summed E-state index contributed by atoms with van der Waals surface area (Å²) in [6.45, 7) is 3.19. The number of rotatable bonds is 11. The predicted molar refractivity (Wildman–Crippen MR) is 143 cm³/mol. The highest BCUT2D eigenvalue weighted by molar-refractivity contribution is 6.27. The van der Waals surface area contributed by atoms with E-state index in [1.807, 2.05) is 48.5 Å². The van der Waals surface area contributed by atoms with Gasteiger partial charge < -0.3 is 24.4 Å². The van der Waals surface area contributed by atoms with Gasteiger partial charge in [0.2, 0.25) is 11.8 Å². The van der Waals surface area contributed by atoms with Crippen LogP contribution in [0.4, 0.5) is 0 Å². The number of halogens is 1. The first kappa shape index (κ1) is 27.1. The lowest BCUT2D eigenvalue weighted by Crippen LogP contribution is -2.51. The Kier molecular flexibility index (Phi) is 9.94. The topological polar surface area (TPSA) is 77.1 Å². The number of unbranched alkanes of at least 4 members (excludes halogenated alkanes) is 1. The number of alkyl halides is 1. The van der Waals surface area contributed by atoms with E-state index >= 15 is 0 Å². The summed E-state index contributed by atoms with van der Waals surface area (Å²) >= 11 is 6.05. The molecule has 37 heavy (non-hydrogen) atoms. The number of nitrogens with one attached hydrogen (secondary N) is 1. The molecule has 200 valence electrons. The summed E-state index contributed by atoms with van der Waals surface area (Å²) in [5.41, 5.74) is 0.701. The van der Waals surface area contributed by atoms with Gasteiger partial charge in [0, 0.05) is 6.04 Å². The Balaban J connectivity index is 1.58. The molecule has 1 heterocycles. The van der Waals surface area contributed by atoms with Crippen molar-refractivity contribution < 1.29 is 23.8 Å². The molecule has 0 aromatic heterocycles. The molecule has 2 atom stereocenters. The number of nitrogens with zero attached hydrogens (tertiary/aromatic N) is 1. The molecule has 2 aromatic carbocycles. The zero-order chi connectivity index (χ0) is 26.0. The molecule has 0 bridgehead atoms. The Morgan fingerprint density at radius 3 is 2.51 bits per heavy atom.